The Morgan fingerprint density at radius 3 is 2.35 bits per heavy atom. The molecular formula is C12H16ClF2NO. The van der Waals surface area contributed by atoms with E-state index in [4.69, 9.17) is 5.73 Å². The Kier molecular flexibility index (Phi) is 7.50. The van der Waals surface area contributed by atoms with Crippen molar-refractivity contribution in [1.29, 1.82) is 0 Å². The standard InChI is InChI=1S/C12H15F2NO.ClH/c1-2-3-4-11(15)9-5-7-10(8-6-9)16-12(13)14;/h2,5-8,11-12H,1,3-4,15H2;1H/t11-;/m1./s1. The van der Waals surface area contributed by atoms with E-state index in [0.29, 0.717) is 0 Å². The Balaban J connectivity index is 0.00000256. The third kappa shape index (κ3) is 5.65. The van der Waals surface area contributed by atoms with Crippen LogP contribution in [0.3, 0.4) is 0 Å². The molecule has 0 unspecified atom stereocenters. The molecule has 0 heterocycles. The number of ether oxygens (including phenoxy) is 1. The third-order valence-electron chi connectivity index (χ3n) is 2.22. The van der Waals surface area contributed by atoms with E-state index in [-0.39, 0.29) is 24.2 Å². The van der Waals surface area contributed by atoms with E-state index in [9.17, 15) is 8.78 Å². The van der Waals surface area contributed by atoms with Crippen molar-refractivity contribution in [2.75, 3.05) is 0 Å². The fourth-order valence-corrected chi connectivity index (χ4v) is 1.36. The summed E-state index contributed by atoms with van der Waals surface area (Å²) >= 11 is 0. The van der Waals surface area contributed by atoms with Gasteiger partial charge in [-0.2, -0.15) is 8.78 Å². The summed E-state index contributed by atoms with van der Waals surface area (Å²) in [6, 6.07) is 6.29. The molecule has 96 valence electrons. The van der Waals surface area contributed by atoms with E-state index < -0.39 is 6.61 Å². The molecule has 5 heteroatoms. The molecule has 0 saturated heterocycles. The minimum atomic E-state index is -2.79. The topological polar surface area (TPSA) is 35.2 Å². The summed E-state index contributed by atoms with van der Waals surface area (Å²) < 4.78 is 28.0. The number of alkyl halides is 2. The monoisotopic (exact) mass is 263 g/mol. The van der Waals surface area contributed by atoms with Crippen LogP contribution in [0.15, 0.2) is 36.9 Å². The first-order valence-electron chi connectivity index (χ1n) is 5.04. The Morgan fingerprint density at radius 2 is 1.88 bits per heavy atom. The van der Waals surface area contributed by atoms with Crippen LogP contribution < -0.4 is 10.5 Å². The summed E-state index contributed by atoms with van der Waals surface area (Å²) in [5, 5.41) is 0. The molecular weight excluding hydrogens is 248 g/mol. The second-order valence-electron chi connectivity index (χ2n) is 3.42. The average molecular weight is 264 g/mol. The molecule has 0 radical (unpaired) electrons. The molecule has 0 aliphatic carbocycles. The van der Waals surface area contributed by atoms with Crippen molar-refractivity contribution in [3.05, 3.63) is 42.5 Å². The molecule has 2 nitrogen and oxygen atoms in total. The lowest BCUT2D eigenvalue weighted by atomic mass is 10.0. The van der Waals surface area contributed by atoms with E-state index in [1.165, 1.54) is 12.1 Å². The molecule has 0 aromatic heterocycles. The predicted octanol–water partition coefficient (Wildman–Crippen LogP) is 3.68. The van der Waals surface area contributed by atoms with Crippen LogP contribution in [0.25, 0.3) is 0 Å². The number of nitrogens with two attached hydrogens (primary N) is 1. The largest absolute Gasteiger partial charge is 0.435 e. The van der Waals surface area contributed by atoms with Crippen molar-refractivity contribution < 1.29 is 13.5 Å². The van der Waals surface area contributed by atoms with E-state index in [1.807, 2.05) is 0 Å². The Morgan fingerprint density at radius 1 is 1.29 bits per heavy atom. The van der Waals surface area contributed by atoms with Crippen LogP contribution in [-0.4, -0.2) is 6.61 Å². The van der Waals surface area contributed by atoms with Crippen molar-refractivity contribution in [1.82, 2.24) is 0 Å². The second kappa shape index (κ2) is 8.03. The Bertz CT molecular complexity index is 330. The zero-order valence-corrected chi connectivity index (χ0v) is 10.1. The highest BCUT2D eigenvalue weighted by molar-refractivity contribution is 5.85. The van der Waals surface area contributed by atoms with Gasteiger partial charge in [-0.3, -0.25) is 0 Å². The molecule has 0 spiro atoms. The maximum atomic E-state index is 11.9. The van der Waals surface area contributed by atoms with Crippen LogP contribution in [0, 0.1) is 0 Å². The summed E-state index contributed by atoms with van der Waals surface area (Å²) in [4.78, 5) is 0. The molecule has 0 aliphatic rings. The van der Waals surface area contributed by atoms with Crippen LogP contribution in [-0.2, 0) is 0 Å². The minimum Gasteiger partial charge on any atom is -0.435 e. The number of allylic oxidation sites excluding steroid dienone is 1. The molecule has 1 atom stereocenters. The molecule has 0 saturated carbocycles. The quantitative estimate of drug-likeness (QED) is 0.795. The maximum absolute atomic E-state index is 11.9. The van der Waals surface area contributed by atoms with E-state index >= 15 is 0 Å². The molecule has 17 heavy (non-hydrogen) atoms. The number of hydrogen-bond donors (Lipinski definition) is 1. The summed E-state index contributed by atoms with van der Waals surface area (Å²) in [5.74, 6) is 0.148. The van der Waals surface area contributed by atoms with Gasteiger partial charge in [-0.15, -0.1) is 19.0 Å². The maximum Gasteiger partial charge on any atom is 0.387 e. The van der Waals surface area contributed by atoms with Crippen LogP contribution in [0.4, 0.5) is 8.78 Å². The molecule has 1 aromatic carbocycles. The summed E-state index contributed by atoms with van der Waals surface area (Å²) in [5.41, 5.74) is 6.80. The van der Waals surface area contributed by atoms with Crippen molar-refractivity contribution in [2.24, 2.45) is 5.73 Å². The van der Waals surface area contributed by atoms with Gasteiger partial charge in [0, 0.05) is 6.04 Å². The van der Waals surface area contributed by atoms with Gasteiger partial charge in [0.2, 0.25) is 0 Å². The van der Waals surface area contributed by atoms with Crippen LogP contribution >= 0.6 is 12.4 Å². The van der Waals surface area contributed by atoms with Gasteiger partial charge in [-0.1, -0.05) is 18.2 Å². The number of benzene rings is 1. The van der Waals surface area contributed by atoms with Gasteiger partial charge >= 0.3 is 6.61 Å². The first kappa shape index (κ1) is 15.9. The van der Waals surface area contributed by atoms with Crippen molar-refractivity contribution in [2.45, 2.75) is 25.5 Å². The van der Waals surface area contributed by atoms with Crippen molar-refractivity contribution in [3.63, 3.8) is 0 Å². The highest BCUT2D eigenvalue weighted by Crippen LogP contribution is 2.20. The molecule has 0 aliphatic heterocycles. The minimum absolute atomic E-state index is 0. The first-order chi connectivity index (χ1) is 7.63. The van der Waals surface area contributed by atoms with Gasteiger partial charge in [-0.25, -0.2) is 0 Å². The first-order valence-corrected chi connectivity index (χ1v) is 5.04. The number of hydrogen-bond acceptors (Lipinski definition) is 2. The lowest BCUT2D eigenvalue weighted by Gasteiger charge is -2.11. The fourth-order valence-electron chi connectivity index (χ4n) is 1.36. The summed E-state index contributed by atoms with van der Waals surface area (Å²) in [6.07, 6.45) is 3.42. The highest BCUT2D eigenvalue weighted by atomic mass is 35.5. The van der Waals surface area contributed by atoms with Gasteiger partial charge in [0.05, 0.1) is 0 Å². The highest BCUT2D eigenvalue weighted by Gasteiger charge is 2.07. The van der Waals surface area contributed by atoms with Gasteiger partial charge in [-0.05, 0) is 30.5 Å². The Labute approximate surface area is 106 Å². The number of rotatable bonds is 6. The zero-order valence-electron chi connectivity index (χ0n) is 9.31. The second-order valence-corrected chi connectivity index (χ2v) is 3.42. The molecule has 0 fully saturated rings. The van der Waals surface area contributed by atoms with Gasteiger partial charge in [0.25, 0.3) is 0 Å². The third-order valence-corrected chi connectivity index (χ3v) is 2.22. The van der Waals surface area contributed by atoms with Crippen molar-refractivity contribution >= 4 is 12.4 Å². The zero-order chi connectivity index (χ0) is 12.0. The summed E-state index contributed by atoms with van der Waals surface area (Å²) in [6.45, 7) is 0.823. The molecule has 2 N–H and O–H groups in total. The fraction of sp³-hybridized carbons (Fsp3) is 0.333. The van der Waals surface area contributed by atoms with E-state index in [2.05, 4.69) is 11.3 Å². The van der Waals surface area contributed by atoms with Crippen LogP contribution in [0.2, 0.25) is 0 Å². The normalized spacial score (nSPS) is 11.8. The number of halogens is 3. The van der Waals surface area contributed by atoms with E-state index in [0.717, 1.165) is 18.4 Å². The molecule has 0 amide bonds. The van der Waals surface area contributed by atoms with Crippen LogP contribution in [0.1, 0.15) is 24.4 Å². The van der Waals surface area contributed by atoms with Crippen LogP contribution in [0.5, 0.6) is 5.75 Å². The van der Waals surface area contributed by atoms with Gasteiger partial charge in [0.15, 0.2) is 0 Å². The molecule has 1 aromatic rings. The lowest BCUT2D eigenvalue weighted by molar-refractivity contribution is -0.0498. The van der Waals surface area contributed by atoms with Gasteiger partial charge in [0.1, 0.15) is 5.75 Å². The van der Waals surface area contributed by atoms with E-state index in [1.54, 1.807) is 18.2 Å². The smallest absolute Gasteiger partial charge is 0.387 e. The average Bonchev–Trinajstić information content (AvgIpc) is 2.26. The lowest BCUT2D eigenvalue weighted by Crippen LogP contribution is -2.09. The van der Waals surface area contributed by atoms with Crippen molar-refractivity contribution in [3.8, 4) is 5.75 Å². The summed E-state index contributed by atoms with van der Waals surface area (Å²) in [7, 11) is 0. The SMILES string of the molecule is C=CCC[C@@H](N)c1ccc(OC(F)F)cc1.Cl. The predicted molar refractivity (Wildman–Crippen MR) is 66.7 cm³/mol. The van der Waals surface area contributed by atoms with Gasteiger partial charge < -0.3 is 10.5 Å². The molecule has 1 rings (SSSR count). The molecule has 0 bridgehead atoms. The Hall–Kier alpha value is -1.13.